The van der Waals surface area contributed by atoms with Gasteiger partial charge in [-0.3, -0.25) is 9.78 Å². The molecule has 5 nitrogen and oxygen atoms in total. The minimum absolute atomic E-state index is 0.0306. The molecule has 0 aliphatic heterocycles. The van der Waals surface area contributed by atoms with Crippen LogP contribution < -0.4 is 5.32 Å². The van der Waals surface area contributed by atoms with Gasteiger partial charge < -0.3 is 10.1 Å². The molecule has 2 aromatic carbocycles. The lowest BCUT2D eigenvalue weighted by Crippen LogP contribution is -2.34. The Bertz CT molecular complexity index is 1090. The molecule has 5 heteroatoms. The molecule has 0 bridgehead atoms. The number of rotatable bonds is 4. The molecular formula is C24H24N2O3. The summed E-state index contributed by atoms with van der Waals surface area (Å²) in [5.41, 5.74) is 5.12. The van der Waals surface area contributed by atoms with Crippen molar-refractivity contribution < 1.29 is 14.3 Å². The maximum atomic E-state index is 12.7. The van der Waals surface area contributed by atoms with Crippen molar-refractivity contribution in [2.75, 3.05) is 6.61 Å². The molecule has 1 aliphatic rings. The van der Waals surface area contributed by atoms with E-state index in [-0.39, 0.29) is 18.6 Å². The average molecular weight is 388 g/mol. The molecule has 1 amide bonds. The predicted molar refractivity (Wildman–Crippen MR) is 112 cm³/mol. The highest BCUT2D eigenvalue weighted by atomic mass is 16.5. The number of nitrogens with zero attached hydrogens (tertiary/aromatic N) is 1. The summed E-state index contributed by atoms with van der Waals surface area (Å²) in [5.74, 6) is -0.804. The third kappa shape index (κ3) is 3.86. The molecule has 1 heterocycles. The zero-order valence-corrected chi connectivity index (χ0v) is 16.7. The van der Waals surface area contributed by atoms with Crippen LogP contribution in [0.15, 0.2) is 48.5 Å². The van der Waals surface area contributed by atoms with Crippen molar-refractivity contribution in [3.63, 3.8) is 0 Å². The lowest BCUT2D eigenvalue weighted by Gasteiger charge is -2.26. The molecule has 3 aromatic rings. The number of fused-ring (bicyclic) bond motifs is 2. The van der Waals surface area contributed by atoms with E-state index in [0.29, 0.717) is 11.3 Å². The topological polar surface area (TPSA) is 68.3 Å². The van der Waals surface area contributed by atoms with Gasteiger partial charge in [-0.2, -0.15) is 0 Å². The Labute approximate surface area is 170 Å². The van der Waals surface area contributed by atoms with E-state index >= 15 is 0 Å². The number of ether oxygens (including phenoxy) is 1. The fourth-order valence-corrected chi connectivity index (χ4v) is 4.17. The lowest BCUT2D eigenvalue weighted by molar-refractivity contribution is -0.125. The van der Waals surface area contributed by atoms with Gasteiger partial charge in [0.1, 0.15) is 0 Å². The summed E-state index contributed by atoms with van der Waals surface area (Å²) in [5, 5.41) is 3.92. The van der Waals surface area contributed by atoms with Crippen LogP contribution >= 0.6 is 0 Å². The quantitative estimate of drug-likeness (QED) is 0.680. The smallest absolute Gasteiger partial charge is 0.340 e. The number of hydrogen-bond donors (Lipinski definition) is 1. The summed E-state index contributed by atoms with van der Waals surface area (Å²) in [7, 11) is 0. The van der Waals surface area contributed by atoms with Crippen molar-refractivity contribution in [2.45, 2.75) is 39.2 Å². The van der Waals surface area contributed by atoms with Crippen molar-refractivity contribution >= 4 is 22.8 Å². The number of para-hydroxylation sites is 1. The SMILES string of the molecule is Cc1nc2ccccc2c(C)c1C(=O)OCC(=O)N[C@H]1CCCc2ccccc21. The Morgan fingerprint density at radius 1 is 1.10 bits per heavy atom. The first-order valence-corrected chi connectivity index (χ1v) is 9.95. The number of benzene rings is 2. The van der Waals surface area contributed by atoms with Crippen LogP contribution in [0.4, 0.5) is 0 Å². The Kier molecular flexibility index (Phi) is 5.30. The molecule has 148 valence electrons. The number of carbonyl (C=O) groups is 2. The van der Waals surface area contributed by atoms with Crippen molar-refractivity contribution in [3.05, 3.63) is 76.5 Å². The minimum Gasteiger partial charge on any atom is -0.452 e. The Balaban J connectivity index is 1.44. The van der Waals surface area contributed by atoms with Gasteiger partial charge in [0, 0.05) is 5.39 Å². The van der Waals surface area contributed by atoms with E-state index in [4.69, 9.17) is 4.74 Å². The fourth-order valence-electron chi connectivity index (χ4n) is 4.17. The van der Waals surface area contributed by atoms with Crippen molar-refractivity contribution in [1.29, 1.82) is 0 Å². The first-order chi connectivity index (χ1) is 14.0. The summed E-state index contributed by atoms with van der Waals surface area (Å²) in [6, 6.07) is 15.8. The summed E-state index contributed by atoms with van der Waals surface area (Å²) < 4.78 is 5.34. The van der Waals surface area contributed by atoms with E-state index in [9.17, 15) is 9.59 Å². The van der Waals surface area contributed by atoms with Gasteiger partial charge in [-0.25, -0.2) is 4.79 Å². The number of esters is 1. The summed E-state index contributed by atoms with van der Waals surface area (Å²) in [4.78, 5) is 29.6. The first-order valence-electron chi connectivity index (χ1n) is 9.95. The number of amides is 1. The predicted octanol–water partition coefficient (Wildman–Crippen LogP) is 4.20. The second-order valence-corrected chi connectivity index (χ2v) is 7.50. The van der Waals surface area contributed by atoms with Gasteiger partial charge in [0.15, 0.2) is 6.61 Å². The van der Waals surface area contributed by atoms with Gasteiger partial charge in [0.2, 0.25) is 0 Å². The minimum atomic E-state index is -0.516. The van der Waals surface area contributed by atoms with E-state index < -0.39 is 5.97 Å². The Morgan fingerprint density at radius 3 is 2.72 bits per heavy atom. The molecule has 1 N–H and O–H groups in total. The molecule has 0 spiro atoms. The Hall–Kier alpha value is -3.21. The zero-order valence-electron chi connectivity index (χ0n) is 16.7. The highest BCUT2D eigenvalue weighted by molar-refractivity contribution is 5.99. The van der Waals surface area contributed by atoms with Crippen molar-refractivity contribution in [1.82, 2.24) is 10.3 Å². The molecule has 4 rings (SSSR count). The van der Waals surface area contributed by atoms with Gasteiger partial charge in [0.05, 0.1) is 22.8 Å². The molecule has 29 heavy (non-hydrogen) atoms. The third-order valence-corrected chi connectivity index (χ3v) is 5.58. The maximum absolute atomic E-state index is 12.7. The number of pyridine rings is 1. The molecule has 0 unspecified atom stereocenters. The first kappa shape index (κ1) is 19.1. The van der Waals surface area contributed by atoms with E-state index in [1.807, 2.05) is 43.3 Å². The standard InChI is InChI=1S/C24H24N2O3/c1-15-18-10-5-6-12-20(18)25-16(2)23(15)24(28)29-14-22(27)26-21-13-7-9-17-8-3-4-11-19(17)21/h3-6,8,10-12,21H,7,9,13-14H2,1-2H3,(H,26,27)/t21-/m0/s1. The second kappa shape index (κ2) is 8.03. The normalized spacial score (nSPS) is 15.6. The summed E-state index contributed by atoms with van der Waals surface area (Å²) >= 11 is 0. The summed E-state index contributed by atoms with van der Waals surface area (Å²) in [6.45, 7) is 3.37. The van der Waals surface area contributed by atoms with Gasteiger partial charge in [-0.15, -0.1) is 0 Å². The highest BCUT2D eigenvalue weighted by Crippen LogP contribution is 2.29. The highest BCUT2D eigenvalue weighted by Gasteiger charge is 2.23. The molecule has 1 aliphatic carbocycles. The molecule has 0 saturated carbocycles. The Morgan fingerprint density at radius 2 is 1.86 bits per heavy atom. The molecular weight excluding hydrogens is 364 g/mol. The number of aromatic nitrogens is 1. The summed E-state index contributed by atoms with van der Waals surface area (Å²) in [6.07, 6.45) is 2.96. The van der Waals surface area contributed by atoms with Crippen molar-refractivity contribution in [2.24, 2.45) is 0 Å². The third-order valence-electron chi connectivity index (χ3n) is 5.58. The van der Waals surface area contributed by atoms with Gasteiger partial charge in [-0.1, -0.05) is 42.5 Å². The number of carbonyl (C=O) groups excluding carboxylic acids is 2. The fraction of sp³-hybridized carbons (Fsp3) is 0.292. The largest absolute Gasteiger partial charge is 0.452 e. The van der Waals surface area contributed by atoms with Crippen LogP contribution in [0.5, 0.6) is 0 Å². The van der Waals surface area contributed by atoms with E-state index in [2.05, 4.69) is 22.4 Å². The van der Waals surface area contributed by atoms with Crippen LogP contribution in [0.25, 0.3) is 10.9 Å². The number of hydrogen-bond acceptors (Lipinski definition) is 4. The molecule has 1 atom stereocenters. The second-order valence-electron chi connectivity index (χ2n) is 7.50. The van der Waals surface area contributed by atoms with E-state index in [1.165, 1.54) is 5.56 Å². The van der Waals surface area contributed by atoms with Crippen LogP contribution in [-0.4, -0.2) is 23.5 Å². The lowest BCUT2D eigenvalue weighted by atomic mass is 9.88. The molecule has 0 radical (unpaired) electrons. The van der Waals surface area contributed by atoms with Crippen LogP contribution in [0.3, 0.4) is 0 Å². The monoisotopic (exact) mass is 388 g/mol. The number of aryl methyl sites for hydroxylation is 3. The molecule has 0 fully saturated rings. The molecule has 0 saturated heterocycles. The van der Waals surface area contributed by atoms with Crippen LogP contribution in [0.1, 0.15) is 51.6 Å². The van der Waals surface area contributed by atoms with Crippen LogP contribution in [0.2, 0.25) is 0 Å². The van der Waals surface area contributed by atoms with Crippen molar-refractivity contribution in [3.8, 4) is 0 Å². The van der Waals surface area contributed by atoms with E-state index in [0.717, 1.165) is 41.3 Å². The maximum Gasteiger partial charge on any atom is 0.340 e. The van der Waals surface area contributed by atoms with Gasteiger partial charge in [-0.05, 0) is 55.9 Å². The van der Waals surface area contributed by atoms with Gasteiger partial charge in [0.25, 0.3) is 5.91 Å². The zero-order chi connectivity index (χ0) is 20.4. The van der Waals surface area contributed by atoms with Crippen LogP contribution in [-0.2, 0) is 16.0 Å². The van der Waals surface area contributed by atoms with E-state index in [1.54, 1.807) is 6.92 Å². The van der Waals surface area contributed by atoms with Crippen LogP contribution in [0, 0.1) is 13.8 Å². The number of nitrogens with one attached hydrogen (secondary N) is 1. The van der Waals surface area contributed by atoms with Gasteiger partial charge >= 0.3 is 5.97 Å². The molecule has 1 aromatic heterocycles. The average Bonchev–Trinajstić information content (AvgIpc) is 2.72.